The lowest BCUT2D eigenvalue weighted by Gasteiger charge is -2.38. The Kier molecular flexibility index (Phi) is 4.37. The first-order chi connectivity index (χ1) is 9.80. The fourth-order valence-electron chi connectivity index (χ4n) is 2.94. The van der Waals surface area contributed by atoms with Crippen molar-refractivity contribution < 1.29 is 22.6 Å². The minimum atomic E-state index is -4.13. The van der Waals surface area contributed by atoms with E-state index in [-0.39, 0.29) is 12.8 Å². The molecule has 2 rings (SSSR count). The van der Waals surface area contributed by atoms with Crippen LogP contribution in [0.3, 0.4) is 0 Å². The first-order valence-corrected chi connectivity index (χ1v) is 6.88. The van der Waals surface area contributed by atoms with E-state index in [2.05, 4.69) is 0 Å². The van der Waals surface area contributed by atoms with Crippen LogP contribution in [0.2, 0.25) is 0 Å². The highest BCUT2D eigenvalue weighted by molar-refractivity contribution is 5.44. The molecule has 3 nitrogen and oxygen atoms in total. The summed E-state index contributed by atoms with van der Waals surface area (Å²) in [4.78, 5) is 0. The van der Waals surface area contributed by atoms with Crippen molar-refractivity contribution in [3.8, 4) is 11.5 Å². The Hall–Kier alpha value is -1.43. The number of ether oxygens (including phenoxy) is 2. The first kappa shape index (κ1) is 15.9. The van der Waals surface area contributed by atoms with Crippen molar-refractivity contribution in [1.29, 1.82) is 0 Å². The maximum absolute atomic E-state index is 12.8. The van der Waals surface area contributed by atoms with Gasteiger partial charge in [0.2, 0.25) is 0 Å². The molecule has 1 aliphatic carbocycles. The maximum atomic E-state index is 12.8. The standard InChI is InChI=1S/C15H20F3NO2/c1-20-11-3-4-12(13(9-11)21-2)14(19)7-5-10(6-8-14)15(16,17)18/h3-4,9-10H,5-8,19H2,1-2H3. The molecule has 0 spiro atoms. The fraction of sp³-hybridized carbons (Fsp3) is 0.600. The highest BCUT2D eigenvalue weighted by Crippen LogP contribution is 2.46. The third kappa shape index (κ3) is 3.26. The van der Waals surface area contributed by atoms with Crippen molar-refractivity contribution in [3.63, 3.8) is 0 Å². The third-order valence-corrected chi connectivity index (χ3v) is 4.29. The van der Waals surface area contributed by atoms with Crippen molar-refractivity contribution in [1.82, 2.24) is 0 Å². The molecule has 0 aromatic heterocycles. The third-order valence-electron chi connectivity index (χ3n) is 4.29. The summed E-state index contributed by atoms with van der Waals surface area (Å²) in [5.41, 5.74) is 6.33. The van der Waals surface area contributed by atoms with Gasteiger partial charge in [0.1, 0.15) is 11.5 Å². The van der Waals surface area contributed by atoms with Gasteiger partial charge in [0.05, 0.1) is 20.1 Å². The van der Waals surface area contributed by atoms with E-state index in [9.17, 15) is 13.2 Å². The molecule has 1 aliphatic rings. The molecule has 0 saturated heterocycles. The second-order valence-electron chi connectivity index (χ2n) is 5.54. The monoisotopic (exact) mass is 303 g/mol. The lowest BCUT2D eigenvalue weighted by molar-refractivity contribution is -0.184. The van der Waals surface area contributed by atoms with Gasteiger partial charge in [-0.05, 0) is 37.8 Å². The van der Waals surface area contributed by atoms with Gasteiger partial charge in [0.15, 0.2) is 0 Å². The van der Waals surface area contributed by atoms with Crippen LogP contribution in [0.15, 0.2) is 18.2 Å². The number of benzene rings is 1. The van der Waals surface area contributed by atoms with Gasteiger partial charge in [-0.15, -0.1) is 0 Å². The van der Waals surface area contributed by atoms with Gasteiger partial charge in [-0.25, -0.2) is 0 Å². The molecule has 1 aromatic rings. The minimum absolute atomic E-state index is 0.0508. The van der Waals surface area contributed by atoms with Gasteiger partial charge in [0, 0.05) is 17.2 Å². The van der Waals surface area contributed by atoms with Crippen LogP contribution in [0, 0.1) is 5.92 Å². The Morgan fingerprint density at radius 3 is 2.24 bits per heavy atom. The van der Waals surface area contributed by atoms with E-state index in [1.54, 1.807) is 25.3 Å². The van der Waals surface area contributed by atoms with Crippen LogP contribution in [0.1, 0.15) is 31.2 Å². The van der Waals surface area contributed by atoms with Crippen LogP contribution in [0.4, 0.5) is 13.2 Å². The SMILES string of the molecule is COc1ccc(C2(N)CCC(C(F)(F)F)CC2)c(OC)c1. The molecular weight excluding hydrogens is 283 g/mol. The lowest BCUT2D eigenvalue weighted by Crippen LogP contribution is -2.43. The van der Waals surface area contributed by atoms with Crippen LogP contribution in [-0.2, 0) is 5.54 Å². The summed E-state index contributed by atoms with van der Waals surface area (Å²) in [5.74, 6) is -0.0658. The van der Waals surface area contributed by atoms with E-state index < -0.39 is 17.6 Å². The van der Waals surface area contributed by atoms with E-state index >= 15 is 0 Å². The molecule has 6 heteroatoms. The molecule has 2 N–H and O–H groups in total. The summed E-state index contributed by atoms with van der Waals surface area (Å²) in [6, 6.07) is 5.24. The molecule has 0 unspecified atom stereocenters. The Morgan fingerprint density at radius 1 is 1.14 bits per heavy atom. The van der Waals surface area contributed by atoms with Gasteiger partial charge in [0.25, 0.3) is 0 Å². The summed E-state index contributed by atoms with van der Waals surface area (Å²) in [6.45, 7) is 0. The zero-order chi connectivity index (χ0) is 15.7. The van der Waals surface area contributed by atoms with Crippen LogP contribution in [0.25, 0.3) is 0 Å². The normalized spacial score (nSPS) is 26.5. The van der Waals surface area contributed by atoms with Gasteiger partial charge in [-0.1, -0.05) is 0 Å². The van der Waals surface area contributed by atoms with Crippen molar-refractivity contribution in [2.24, 2.45) is 11.7 Å². The van der Waals surface area contributed by atoms with E-state index in [4.69, 9.17) is 15.2 Å². The second kappa shape index (κ2) is 5.75. The average molecular weight is 303 g/mol. The molecule has 0 atom stereocenters. The molecule has 0 bridgehead atoms. The van der Waals surface area contributed by atoms with E-state index in [0.717, 1.165) is 5.56 Å². The molecule has 118 valence electrons. The topological polar surface area (TPSA) is 44.5 Å². The number of nitrogens with two attached hydrogens (primary N) is 1. The number of hydrogen-bond donors (Lipinski definition) is 1. The van der Waals surface area contributed by atoms with Gasteiger partial charge < -0.3 is 15.2 Å². The fourth-order valence-corrected chi connectivity index (χ4v) is 2.94. The van der Waals surface area contributed by atoms with Gasteiger partial charge >= 0.3 is 6.18 Å². The van der Waals surface area contributed by atoms with E-state index in [0.29, 0.717) is 24.3 Å². The molecule has 0 heterocycles. The number of rotatable bonds is 3. The molecule has 1 aromatic carbocycles. The lowest BCUT2D eigenvalue weighted by atomic mass is 9.73. The first-order valence-electron chi connectivity index (χ1n) is 6.88. The highest BCUT2D eigenvalue weighted by atomic mass is 19.4. The molecule has 1 saturated carbocycles. The number of methoxy groups -OCH3 is 2. The van der Waals surface area contributed by atoms with E-state index in [1.165, 1.54) is 7.11 Å². The Morgan fingerprint density at radius 2 is 1.76 bits per heavy atom. The smallest absolute Gasteiger partial charge is 0.391 e. The van der Waals surface area contributed by atoms with Crippen LogP contribution < -0.4 is 15.2 Å². The number of halogens is 3. The molecule has 21 heavy (non-hydrogen) atoms. The summed E-state index contributed by atoms with van der Waals surface area (Å²) in [6.07, 6.45) is -3.45. The molecule has 0 amide bonds. The van der Waals surface area contributed by atoms with Gasteiger partial charge in [-0.3, -0.25) is 0 Å². The largest absolute Gasteiger partial charge is 0.497 e. The van der Waals surface area contributed by atoms with Crippen molar-refractivity contribution in [2.45, 2.75) is 37.4 Å². The van der Waals surface area contributed by atoms with Crippen molar-refractivity contribution in [3.05, 3.63) is 23.8 Å². The van der Waals surface area contributed by atoms with Crippen LogP contribution >= 0.6 is 0 Å². The summed E-state index contributed by atoms with van der Waals surface area (Å²) < 4.78 is 48.7. The van der Waals surface area contributed by atoms with Crippen LogP contribution in [-0.4, -0.2) is 20.4 Å². The Balaban J connectivity index is 2.22. The number of hydrogen-bond acceptors (Lipinski definition) is 3. The van der Waals surface area contributed by atoms with E-state index in [1.807, 2.05) is 0 Å². The predicted molar refractivity (Wildman–Crippen MR) is 73.4 cm³/mol. The van der Waals surface area contributed by atoms with Crippen molar-refractivity contribution in [2.75, 3.05) is 14.2 Å². The zero-order valence-electron chi connectivity index (χ0n) is 12.2. The molecule has 1 fully saturated rings. The highest BCUT2D eigenvalue weighted by Gasteiger charge is 2.45. The van der Waals surface area contributed by atoms with Crippen molar-refractivity contribution >= 4 is 0 Å². The molecule has 0 radical (unpaired) electrons. The minimum Gasteiger partial charge on any atom is -0.497 e. The second-order valence-corrected chi connectivity index (χ2v) is 5.54. The predicted octanol–water partition coefficient (Wildman–Crippen LogP) is 3.61. The summed E-state index contributed by atoms with van der Waals surface area (Å²) in [7, 11) is 3.06. The average Bonchev–Trinajstić information content (AvgIpc) is 2.46. The Labute approximate surface area is 122 Å². The maximum Gasteiger partial charge on any atom is 0.391 e. The summed E-state index contributed by atoms with van der Waals surface area (Å²) >= 11 is 0. The Bertz CT molecular complexity index is 494. The molecular formula is C15H20F3NO2. The quantitative estimate of drug-likeness (QED) is 0.927. The van der Waals surface area contributed by atoms with Gasteiger partial charge in [-0.2, -0.15) is 13.2 Å². The molecule has 0 aliphatic heterocycles. The summed E-state index contributed by atoms with van der Waals surface area (Å²) in [5, 5.41) is 0. The zero-order valence-corrected chi connectivity index (χ0v) is 12.2. The van der Waals surface area contributed by atoms with Crippen LogP contribution in [0.5, 0.6) is 11.5 Å². The number of alkyl halides is 3.